The van der Waals surface area contributed by atoms with Crippen molar-refractivity contribution >= 4 is 17.7 Å². The van der Waals surface area contributed by atoms with Gasteiger partial charge in [0, 0.05) is 0 Å². The zero-order chi connectivity index (χ0) is 14.0. The Morgan fingerprint density at radius 1 is 1.32 bits per heavy atom. The highest BCUT2D eigenvalue weighted by Gasteiger charge is 2.29. The zero-order valence-electron chi connectivity index (χ0n) is 10.6. The molecule has 6 heteroatoms. The molecule has 1 atom stereocenters. The molecule has 6 nitrogen and oxygen atoms in total. The van der Waals surface area contributed by atoms with E-state index in [1.54, 1.807) is 19.1 Å². The first-order valence-electron chi connectivity index (χ1n) is 5.72. The number of hydrogen-bond donors (Lipinski definition) is 3. The van der Waals surface area contributed by atoms with Gasteiger partial charge in [0.25, 0.3) is 0 Å². The van der Waals surface area contributed by atoms with Crippen LogP contribution in [0.1, 0.15) is 12.5 Å². The fraction of sp³-hybridized carbons (Fsp3) is 0.231. The summed E-state index contributed by atoms with van der Waals surface area (Å²) < 4.78 is 4.73. The number of benzene rings is 1. The molecule has 3 N–H and O–H groups in total. The van der Waals surface area contributed by atoms with Crippen molar-refractivity contribution in [1.82, 2.24) is 10.6 Å². The smallest absolute Gasteiger partial charge is 0.337 e. The summed E-state index contributed by atoms with van der Waals surface area (Å²) in [7, 11) is 1.28. The summed E-state index contributed by atoms with van der Waals surface area (Å²) in [6, 6.07) is 5.36. The Kier molecular flexibility index (Phi) is 3.41. The normalized spacial score (nSPS) is 18.6. The van der Waals surface area contributed by atoms with Gasteiger partial charge in [-0.2, -0.15) is 0 Å². The van der Waals surface area contributed by atoms with Crippen LogP contribution < -0.4 is 10.6 Å². The summed E-state index contributed by atoms with van der Waals surface area (Å²) >= 11 is 0. The van der Waals surface area contributed by atoms with Crippen LogP contribution in [0.2, 0.25) is 0 Å². The molecule has 1 unspecified atom stereocenters. The van der Waals surface area contributed by atoms with Crippen LogP contribution in [0.25, 0.3) is 5.70 Å². The van der Waals surface area contributed by atoms with E-state index in [0.29, 0.717) is 16.8 Å². The number of phenolic OH excluding ortho intramolecular Hbond substituents is 1. The quantitative estimate of drug-likeness (QED) is 0.693. The Bertz CT molecular complexity index is 548. The Morgan fingerprint density at radius 2 is 1.95 bits per heavy atom. The third kappa shape index (κ3) is 2.52. The number of amides is 2. The Hall–Kier alpha value is -2.50. The van der Waals surface area contributed by atoms with Gasteiger partial charge >= 0.3 is 12.0 Å². The molecule has 19 heavy (non-hydrogen) atoms. The Balaban J connectivity index is 2.54. The zero-order valence-corrected chi connectivity index (χ0v) is 10.6. The number of rotatable bonds is 2. The molecule has 1 heterocycles. The van der Waals surface area contributed by atoms with Crippen LogP contribution in [-0.4, -0.2) is 30.3 Å². The van der Waals surface area contributed by atoms with Crippen molar-refractivity contribution in [3.63, 3.8) is 0 Å². The van der Waals surface area contributed by atoms with Gasteiger partial charge in [-0.15, -0.1) is 0 Å². The van der Waals surface area contributed by atoms with Gasteiger partial charge in [-0.25, -0.2) is 9.59 Å². The topological polar surface area (TPSA) is 87.7 Å². The number of hydrogen-bond acceptors (Lipinski definition) is 4. The minimum absolute atomic E-state index is 0.109. The molecule has 0 aliphatic carbocycles. The van der Waals surface area contributed by atoms with E-state index in [2.05, 4.69) is 10.6 Å². The lowest BCUT2D eigenvalue weighted by Crippen LogP contribution is -2.48. The number of esters is 1. The monoisotopic (exact) mass is 262 g/mol. The summed E-state index contributed by atoms with van der Waals surface area (Å²) in [4.78, 5) is 23.3. The van der Waals surface area contributed by atoms with Crippen LogP contribution in [0, 0.1) is 0 Å². The van der Waals surface area contributed by atoms with Crippen LogP contribution in [0.5, 0.6) is 5.75 Å². The first-order chi connectivity index (χ1) is 9.02. The Labute approximate surface area is 110 Å². The minimum atomic E-state index is -0.511. The van der Waals surface area contributed by atoms with Gasteiger partial charge in [0.2, 0.25) is 0 Å². The molecule has 2 rings (SSSR count). The molecule has 0 aromatic heterocycles. The lowest BCUT2D eigenvalue weighted by atomic mass is 9.99. The summed E-state index contributed by atoms with van der Waals surface area (Å²) in [6.45, 7) is 1.70. The predicted octanol–water partition coefficient (Wildman–Crippen LogP) is 0.978. The third-order valence-electron chi connectivity index (χ3n) is 2.85. The van der Waals surface area contributed by atoms with E-state index in [1.165, 1.54) is 19.2 Å². The molecular weight excluding hydrogens is 248 g/mol. The van der Waals surface area contributed by atoms with E-state index < -0.39 is 12.0 Å². The van der Waals surface area contributed by atoms with Crippen molar-refractivity contribution in [3.8, 4) is 5.75 Å². The largest absolute Gasteiger partial charge is 0.508 e. The minimum Gasteiger partial charge on any atom is -0.508 e. The highest BCUT2D eigenvalue weighted by atomic mass is 16.5. The second-order valence-electron chi connectivity index (χ2n) is 4.15. The lowest BCUT2D eigenvalue weighted by molar-refractivity contribution is -0.136. The number of carbonyl (C=O) groups excluding carboxylic acids is 2. The molecule has 0 bridgehead atoms. The molecule has 1 aliphatic heterocycles. The molecule has 2 amide bonds. The van der Waals surface area contributed by atoms with E-state index >= 15 is 0 Å². The molecule has 100 valence electrons. The molecule has 1 aliphatic rings. The van der Waals surface area contributed by atoms with Crippen LogP contribution in [0.3, 0.4) is 0 Å². The van der Waals surface area contributed by atoms with Crippen molar-refractivity contribution in [2.24, 2.45) is 0 Å². The molecule has 0 saturated heterocycles. The van der Waals surface area contributed by atoms with Crippen LogP contribution in [-0.2, 0) is 9.53 Å². The SMILES string of the molecule is COC(=O)C1=C(c2ccc(O)cc2)NC(=O)NC1C. The van der Waals surface area contributed by atoms with E-state index in [4.69, 9.17) is 4.74 Å². The van der Waals surface area contributed by atoms with E-state index in [0.717, 1.165) is 0 Å². The number of nitrogens with one attached hydrogen (secondary N) is 2. The number of carbonyl (C=O) groups is 2. The van der Waals surface area contributed by atoms with Crippen molar-refractivity contribution in [3.05, 3.63) is 35.4 Å². The van der Waals surface area contributed by atoms with E-state index in [1.807, 2.05) is 0 Å². The molecule has 0 saturated carbocycles. The number of phenols is 1. The second kappa shape index (κ2) is 5.01. The summed E-state index contributed by atoms with van der Waals surface area (Å²) in [5.74, 6) is -0.402. The third-order valence-corrected chi connectivity index (χ3v) is 2.85. The average molecular weight is 262 g/mol. The molecule has 0 fully saturated rings. The van der Waals surface area contributed by atoms with Gasteiger partial charge in [0.15, 0.2) is 0 Å². The van der Waals surface area contributed by atoms with Crippen molar-refractivity contribution < 1.29 is 19.4 Å². The fourth-order valence-electron chi connectivity index (χ4n) is 1.95. The molecule has 1 aromatic carbocycles. The standard InChI is InChI=1S/C13H14N2O4/c1-7-10(12(17)19-2)11(15-13(18)14-7)8-3-5-9(16)6-4-8/h3-7,16H,1-2H3,(H2,14,15,18). The number of aromatic hydroxyl groups is 1. The number of methoxy groups -OCH3 is 1. The maximum Gasteiger partial charge on any atom is 0.337 e. The van der Waals surface area contributed by atoms with Crippen LogP contribution >= 0.6 is 0 Å². The summed E-state index contributed by atoms with van der Waals surface area (Å²) in [6.07, 6.45) is 0. The van der Waals surface area contributed by atoms with Gasteiger partial charge in [-0.1, -0.05) is 0 Å². The van der Waals surface area contributed by atoms with Gasteiger partial charge in [-0.05, 0) is 36.8 Å². The van der Waals surface area contributed by atoms with Gasteiger partial charge < -0.3 is 20.5 Å². The highest BCUT2D eigenvalue weighted by molar-refractivity contribution is 6.04. The number of urea groups is 1. The second-order valence-corrected chi connectivity index (χ2v) is 4.15. The fourth-order valence-corrected chi connectivity index (χ4v) is 1.95. The predicted molar refractivity (Wildman–Crippen MR) is 68.2 cm³/mol. The molecule has 0 spiro atoms. The van der Waals surface area contributed by atoms with Gasteiger partial charge in [0.05, 0.1) is 24.4 Å². The summed E-state index contributed by atoms with van der Waals surface area (Å²) in [5, 5.41) is 14.5. The van der Waals surface area contributed by atoms with Gasteiger partial charge in [-0.3, -0.25) is 0 Å². The van der Waals surface area contributed by atoms with Crippen LogP contribution in [0.15, 0.2) is 29.8 Å². The van der Waals surface area contributed by atoms with Crippen LogP contribution in [0.4, 0.5) is 4.79 Å². The van der Waals surface area contributed by atoms with E-state index in [9.17, 15) is 14.7 Å². The molecule has 0 radical (unpaired) electrons. The van der Waals surface area contributed by atoms with Crippen molar-refractivity contribution in [2.75, 3.05) is 7.11 Å². The van der Waals surface area contributed by atoms with Gasteiger partial charge in [0.1, 0.15) is 5.75 Å². The summed E-state index contributed by atoms with van der Waals surface area (Å²) in [5.41, 5.74) is 1.36. The number of ether oxygens (including phenoxy) is 1. The highest BCUT2D eigenvalue weighted by Crippen LogP contribution is 2.24. The Morgan fingerprint density at radius 3 is 2.53 bits per heavy atom. The average Bonchev–Trinajstić information content (AvgIpc) is 2.38. The maximum atomic E-state index is 11.8. The first kappa shape index (κ1) is 12.9. The van der Waals surface area contributed by atoms with E-state index in [-0.39, 0.29) is 11.8 Å². The lowest BCUT2D eigenvalue weighted by Gasteiger charge is -2.26. The first-order valence-corrected chi connectivity index (χ1v) is 5.72. The molecule has 1 aromatic rings. The molecular formula is C13H14N2O4. The van der Waals surface area contributed by atoms with Crippen molar-refractivity contribution in [1.29, 1.82) is 0 Å². The maximum absolute atomic E-state index is 11.8. The van der Waals surface area contributed by atoms with Crippen molar-refractivity contribution in [2.45, 2.75) is 13.0 Å².